The number of sulfone groups is 2. The summed E-state index contributed by atoms with van der Waals surface area (Å²) in [5.41, 5.74) is -4.94. The van der Waals surface area contributed by atoms with Gasteiger partial charge in [0.25, 0.3) is 9.84 Å². The summed E-state index contributed by atoms with van der Waals surface area (Å²) >= 11 is 0. The van der Waals surface area contributed by atoms with E-state index in [1.54, 1.807) is 6.92 Å². The first-order valence-electron chi connectivity index (χ1n) is 6.18. The van der Waals surface area contributed by atoms with Gasteiger partial charge in [-0.05, 0) is 37.6 Å². The molecule has 0 spiro atoms. The molecule has 126 valence electrons. The molecule has 1 N–H and O–H groups in total. The molecule has 0 aliphatic heterocycles. The minimum absolute atomic E-state index is 0.0261. The van der Waals surface area contributed by atoms with E-state index in [0.717, 1.165) is 18.4 Å². The highest BCUT2D eigenvalue weighted by Crippen LogP contribution is 2.30. The molecule has 0 aliphatic rings. The maximum atomic E-state index is 12.4. The van der Waals surface area contributed by atoms with E-state index in [1.165, 1.54) is 12.1 Å². The van der Waals surface area contributed by atoms with Crippen LogP contribution in [0, 0.1) is 0 Å². The second-order valence-corrected chi connectivity index (χ2v) is 9.14. The summed E-state index contributed by atoms with van der Waals surface area (Å²) in [6.07, 6.45) is 1.43. The third-order valence-electron chi connectivity index (χ3n) is 2.80. The van der Waals surface area contributed by atoms with Crippen LogP contribution >= 0.6 is 0 Å². The fourth-order valence-corrected chi connectivity index (χ4v) is 3.15. The van der Waals surface area contributed by atoms with Gasteiger partial charge in [-0.3, -0.25) is 0 Å². The van der Waals surface area contributed by atoms with Crippen molar-refractivity contribution in [1.82, 2.24) is 0 Å². The zero-order chi connectivity index (χ0) is 17.2. The Morgan fingerprint density at radius 2 is 1.59 bits per heavy atom. The average Bonchev–Trinajstić information content (AvgIpc) is 2.35. The molecule has 5 nitrogen and oxygen atoms in total. The van der Waals surface area contributed by atoms with Crippen molar-refractivity contribution < 1.29 is 30.0 Å². The van der Waals surface area contributed by atoms with Gasteiger partial charge in [0.15, 0.2) is 0 Å². The summed E-state index contributed by atoms with van der Waals surface area (Å²) in [6, 6.07) is 3.88. The fourth-order valence-electron chi connectivity index (χ4n) is 1.61. The Labute approximate surface area is 127 Å². The Morgan fingerprint density at radius 3 is 2.00 bits per heavy atom. The Balaban J connectivity index is 2.78. The molecule has 1 unspecified atom stereocenters. The molecule has 0 saturated heterocycles. The van der Waals surface area contributed by atoms with Crippen molar-refractivity contribution in [2.45, 2.75) is 29.8 Å². The Bertz CT molecular complexity index is 710. The highest BCUT2D eigenvalue weighted by Gasteiger charge is 2.46. The normalized spacial score (nSPS) is 14.6. The minimum atomic E-state index is -5.36. The lowest BCUT2D eigenvalue weighted by Crippen LogP contribution is -2.23. The molecular weight excluding hydrogens is 343 g/mol. The summed E-state index contributed by atoms with van der Waals surface area (Å²) in [6.45, 7) is 1.71. The van der Waals surface area contributed by atoms with Crippen molar-refractivity contribution in [2.75, 3.05) is 17.3 Å². The summed E-state index contributed by atoms with van der Waals surface area (Å²) in [4.78, 5) is -0.839. The van der Waals surface area contributed by atoms with Gasteiger partial charge in [0, 0.05) is 18.0 Å². The number of alkyl halides is 3. The average molecular weight is 359 g/mol. The van der Waals surface area contributed by atoms with Crippen LogP contribution in [0.1, 0.15) is 13.3 Å². The smallest absolute Gasteiger partial charge is 0.383 e. The molecule has 1 aromatic rings. The lowest BCUT2D eigenvalue weighted by atomic mass is 10.2. The summed E-state index contributed by atoms with van der Waals surface area (Å²) in [7, 11) is -8.46. The molecule has 0 aromatic heterocycles. The zero-order valence-electron chi connectivity index (χ0n) is 11.9. The van der Waals surface area contributed by atoms with Crippen molar-refractivity contribution >= 4 is 25.4 Å². The van der Waals surface area contributed by atoms with E-state index in [9.17, 15) is 30.0 Å². The van der Waals surface area contributed by atoms with Crippen LogP contribution in [0.3, 0.4) is 0 Å². The van der Waals surface area contributed by atoms with Crippen LogP contribution in [0.4, 0.5) is 18.9 Å². The van der Waals surface area contributed by atoms with E-state index < -0.39 is 30.1 Å². The van der Waals surface area contributed by atoms with Crippen LogP contribution in [0.15, 0.2) is 29.2 Å². The molecule has 1 atom stereocenters. The van der Waals surface area contributed by atoms with E-state index in [0.29, 0.717) is 12.1 Å². The topological polar surface area (TPSA) is 80.3 Å². The first-order valence-corrected chi connectivity index (χ1v) is 9.73. The van der Waals surface area contributed by atoms with Crippen molar-refractivity contribution in [3.8, 4) is 0 Å². The number of anilines is 1. The van der Waals surface area contributed by atoms with Gasteiger partial charge in [-0.25, -0.2) is 16.8 Å². The fraction of sp³-hybridized carbons (Fsp3) is 0.500. The predicted octanol–water partition coefficient (Wildman–Crippen LogP) is 2.22. The summed E-state index contributed by atoms with van der Waals surface area (Å²) in [5.74, 6) is -0.0261. The molecule has 1 rings (SSSR count). The van der Waals surface area contributed by atoms with Crippen molar-refractivity contribution in [2.24, 2.45) is 0 Å². The molecule has 0 aliphatic carbocycles. The highest BCUT2D eigenvalue weighted by atomic mass is 32.2. The van der Waals surface area contributed by atoms with E-state index in [2.05, 4.69) is 5.32 Å². The van der Waals surface area contributed by atoms with Crippen LogP contribution in [0.2, 0.25) is 0 Å². The van der Waals surface area contributed by atoms with Crippen LogP contribution in [-0.2, 0) is 19.7 Å². The Morgan fingerprint density at radius 1 is 1.09 bits per heavy atom. The second-order valence-electron chi connectivity index (χ2n) is 4.94. The quantitative estimate of drug-likeness (QED) is 0.842. The molecule has 1 aromatic carbocycles. The van der Waals surface area contributed by atoms with E-state index >= 15 is 0 Å². The first kappa shape index (κ1) is 18.8. The van der Waals surface area contributed by atoms with Gasteiger partial charge in [-0.1, -0.05) is 0 Å². The van der Waals surface area contributed by atoms with Gasteiger partial charge < -0.3 is 5.32 Å². The van der Waals surface area contributed by atoms with Crippen molar-refractivity contribution in [1.29, 1.82) is 0 Å². The number of rotatable bonds is 6. The van der Waals surface area contributed by atoms with Gasteiger partial charge in [-0.15, -0.1) is 0 Å². The monoisotopic (exact) mass is 359 g/mol. The van der Waals surface area contributed by atoms with Gasteiger partial charge in [0.1, 0.15) is 9.84 Å². The van der Waals surface area contributed by atoms with Gasteiger partial charge in [-0.2, -0.15) is 13.2 Å². The highest BCUT2D eigenvalue weighted by molar-refractivity contribution is 7.92. The maximum absolute atomic E-state index is 12.4. The molecule has 0 bridgehead atoms. The largest absolute Gasteiger partial charge is 0.501 e. The maximum Gasteiger partial charge on any atom is 0.501 e. The van der Waals surface area contributed by atoms with Crippen LogP contribution in [0.25, 0.3) is 0 Å². The number of nitrogens with one attached hydrogen (secondary N) is 1. The summed E-state index contributed by atoms with van der Waals surface area (Å²) < 4.78 is 81.6. The molecular formula is C12H16F3NO4S2. The van der Waals surface area contributed by atoms with Gasteiger partial charge >= 0.3 is 5.51 Å². The number of halogens is 3. The molecule has 0 radical (unpaired) electrons. The standard InChI is InChI=1S/C12H16F3NO4S2/c1-9(7-8-21(2,17)18)16-10-3-5-11(6-4-10)22(19,20)12(13,14)15/h3-6,9,16H,7-8H2,1-2H3. The minimum Gasteiger partial charge on any atom is -0.383 e. The first-order chi connectivity index (χ1) is 9.83. The molecule has 0 fully saturated rings. The van der Waals surface area contributed by atoms with Gasteiger partial charge in [0.05, 0.1) is 10.6 Å². The van der Waals surface area contributed by atoms with Crippen LogP contribution < -0.4 is 5.32 Å². The molecule has 0 saturated carbocycles. The third kappa shape index (κ3) is 5.16. The van der Waals surface area contributed by atoms with Crippen LogP contribution in [-0.4, -0.2) is 40.4 Å². The van der Waals surface area contributed by atoms with E-state index in [1.807, 2.05) is 0 Å². The molecule has 22 heavy (non-hydrogen) atoms. The van der Waals surface area contributed by atoms with E-state index in [-0.39, 0.29) is 11.8 Å². The Hall–Kier alpha value is -1.29. The molecule has 0 amide bonds. The third-order valence-corrected chi connectivity index (χ3v) is 5.28. The lowest BCUT2D eigenvalue weighted by molar-refractivity contribution is -0.0436. The zero-order valence-corrected chi connectivity index (χ0v) is 13.5. The van der Waals surface area contributed by atoms with Gasteiger partial charge in [0.2, 0.25) is 0 Å². The summed E-state index contributed by atoms with van der Waals surface area (Å²) in [5, 5.41) is 2.89. The SMILES string of the molecule is CC(CCS(C)(=O)=O)Nc1ccc(S(=O)(=O)C(F)(F)F)cc1. The Kier molecular flexibility index (Phi) is 5.50. The number of benzene rings is 1. The van der Waals surface area contributed by atoms with Crippen molar-refractivity contribution in [3.05, 3.63) is 24.3 Å². The van der Waals surface area contributed by atoms with Crippen LogP contribution in [0.5, 0.6) is 0 Å². The second kappa shape index (κ2) is 6.45. The van der Waals surface area contributed by atoms with E-state index in [4.69, 9.17) is 0 Å². The predicted molar refractivity (Wildman–Crippen MR) is 77.1 cm³/mol. The number of hydrogen-bond acceptors (Lipinski definition) is 5. The molecule has 0 heterocycles. The number of hydrogen-bond donors (Lipinski definition) is 1. The van der Waals surface area contributed by atoms with Crippen molar-refractivity contribution in [3.63, 3.8) is 0 Å². The lowest BCUT2D eigenvalue weighted by Gasteiger charge is -2.15. The molecule has 10 heteroatoms.